The van der Waals surface area contributed by atoms with Crippen molar-refractivity contribution in [1.29, 1.82) is 0 Å². The second-order valence-corrected chi connectivity index (χ2v) is 7.57. The zero-order valence-corrected chi connectivity index (χ0v) is 14.8. The lowest BCUT2D eigenvalue weighted by Gasteiger charge is -2.43. The molecule has 0 saturated heterocycles. The van der Waals surface area contributed by atoms with E-state index in [0.717, 1.165) is 24.3 Å². The molecule has 1 fully saturated rings. The highest BCUT2D eigenvalue weighted by molar-refractivity contribution is 5.27. The first-order valence-corrected chi connectivity index (χ1v) is 9.35. The topological polar surface area (TPSA) is 20.2 Å². The van der Waals surface area contributed by atoms with Crippen LogP contribution in [0.15, 0.2) is 24.3 Å². The van der Waals surface area contributed by atoms with E-state index in [1.54, 1.807) is 0 Å². The van der Waals surface area contributed by atoms with Crippen LogP contribution in [-0.4, -0.2) is 5.11 Å². The minimum Gasteiger partial charge on any atom is -0.385 e. The van der Waals surface area contributed by atoms with Gasteiger partial charge < -0.3 is 5.11 Å². The van der Waals surface area contributed by atoms with E-state index in [1.165, 1.54) is 50.5 Å². The second-order valence-electron chi connectivity index (χ2n) is 7.57. The normalized spacial score (nSPS) is 28.7. The molecule has 1 nitrogen and oxygen atoms in total. The average molecular weight is 303 g/mol. The molecule has 0 aliphatic heterocycles. The molecule has 22 heavy (non-hydrogen) atoms. The van der Waals surface area contributed by atoms with Crippen LogP contribution in [0, 0.1) is 18.8 Å². The first-order chi connectivity index (χ1) is 10.6. The summed E-state index contributed by atoms with van der Waals surface area (Å²) in [6.07, 6.45) is 11.0. The van der Waals surface area contributed by atoms with Crippen LogP contribution in [0.5, 0.6) is 0 Å². The molecule has 3 unspecified atom stereocenters. The molecular weight excluding hydrogens is 268 g/mol. The predicted octanol–water partition coefficient (Wildman–Crippen LogP) is 5.98. The highest BCUT2D eigenvalue weighted by atomic mass is 16.3. The third-order valence-electron chi connectivity index (χ3n) is 5.59. The van der Waals surface area contributed by atoms with Gasteiger partial charge in [-0.2, -0.15) is 0 Å². The highest BCUT2D eigenvalue weighted by Gasteiger charge is 2.41. The van der Waals surface area contributed by atoms with Crippen molar-refractivity contribution in [3.63, 3.8) is 0 Å². The van der Waals surface area contributed by atoms with Crippen LogP contribution in [0.1, 0.15) is 82.8 Å². The SMILES string of the molecule is CCCCCCCC1CC(C)CCC1(O)c1ccc(C)cc1. The molecule has 0 spiro atoms. The molecular formula is C21H34O. The largest absolute Gasteiger partial charge is 0.385 e. The van der Waals surface area contributed by atoms with Crippen molar-refractivity contribution in [3.8, 4) is 0 Å². The second kappa shape index (κ2) is 8.15. The minimum atomic E-state index is -0.592. The van der Waals surface area contributed by atoms with Gasteiger partial charge in [-0.3, -0.25) is 0 Å². The number of benzene rings is 1. The van der Waals surface area contributed by atoms with Crippen LogP contribution in [0.3, 0.4) is 0 Å². The molecule has 3 atom stereocenters. The molecule has 1 aliphatic carbocycles. The van der Waals surface area contributed by atoms with Gasteiger partial charge in [-0.05, 0) is 50.0 Å². The van der Waals surface area contributed by atoms with Crippen molar-refractivity contribution in [2.45, 2.75) is 84.2 Å². The lowest BCUT2D eigenvalue weighted by Crippen LogP contribution is -2.40. The summed E-state index contributed by atoms with van der Waals surface area (Å²) in [6, 6.07) is 8.58. The molecule has 1 aliphatic rings. The van der Waals surface area contributed by atoms with Gasteiger partial charge in [0.2, 0.25) is 0 Å². The van der Waals surface area contributed by atoms with Crippen molar-refractivity contribution in [1.82, 2.24) is 0 Å². The number of rotatable bonds is 7. The fourth-order valence-electron chi connectivity index (χ4n) is 4.04. The van der Waals surface area contributed by atoms with E-state index in [2.05, 4.69) is 45.0 Å². The van der Waals surface area contributed by atoms with Gasteiger partial charge in [0.05, 0.1) is 5.60 Å². The molecule has 0 heterocycles. The Bertz CT molecular complexity index is 436. The lowest BCUT2D eigenvalue weighted by molar-refractivity contribution is -0.0700. The van der Waals surface area contributed by atoms with E-state index in [0.29, 0.717) is 5.92 Å². The zero-order chi connectivity index (χ0) is 16.0. The fraction of sp³-hybridized carbons (Fsp3) is 0.714. The van der Waals surface area contributed by atoms with E-state index in [4.69, 9.17) is 0 Å². The van der Waals surface area contributed by atoms with Crippen LogP contribution < -0.4 is 0 Å². The summed E-state index contributed by atoms with van der Waals surface area (Å²) in [6.45, 7) is 6.72. The quantitative estimate of drug-likeness (QED) is 0.614. The van der Waals surface area contributed by atoms with E-state index < -0.39 is 5.60 Å². The maximum Gasteiger partial charge on any atom is 0.0924 e. The summed E-state index contributed by atoms with van der Waals surface area (Å²) in [4.78, 5) is 0. The van der Waals surface area contributed by atoms with Gasteiger partial charge in [-0.1, -0.05) is 75.8 Å². The van der Waals surface area contributed by atoms with Gasteiger partial charge in [0, 0.05) is 0 Å². The Morgan fingerprint density at radius 3 is 2.45 bits per heavy atom. The van der Waals surface area contributed by atoms with Crippen molar-refractivity contribution >= 4 is 0 Å². The van der Waals surface area contributed by atoms with Crippen molar-refractivity contribution in [2.75, 3.05) is 0 Å². The molecule has 124 valence electrons. The summed E-state index contributed by atoms with van der Waals surface area (Å²) in [7, 11) is 0. The Kier molecular flexibility index (Phi) is 6.50. The smallest absolute Gasteiger partial charge is 0.0924 e. The molecule has 2 rings (SSSR count). The summed E-state index contributed by atoms with van der Waals surface area (Å²) in [5, 5.41) is 11.4. The Morgan fingerprint density at radius 2 is 1.77 bits per heavy atom. The van der Waals surface area contributed by atoms with Gasteiger partial charge in [0.1, 0.15) is 0 Å². The number of aryl methyl sites for hydroxylation is 1. The third kappa shape index (κ3) is 4.35. The Morgan fingerprint density at radius 1 is 1.09 bits per heavy atom. The number of unbranched alkanes of at least 4 members (excludes halogenated alkanes) is 4. The van der Waals surface area contributed by atoms with Crippen molar-refractivity contribution < 1.29 is 5.11 Å². The molecule has 0 bridgehead atoms. The van der Waals surface area contributed by atoms with Crippen LogP contribution >= 0.6 is 0 Å². The standard InChI is InChI=1S/C21H34O/c1-4-5-6-7-8-9-20-16-18(3)14-15-21(20,22)19-12-10-17(2)11-13-19/h10-13,18,20,22H,4-9,14-16H2,1-3H3. The van der Waals surface area contributed by atoms with Crippen LogP contribution in [0.25, 0.3) is 0 Å². The number of hydrogen-bond acceptors (Lipinski definition) is 1. The molecule has 1 aromatic rings. The summed E-state index contributed by atoms with van der Waals surface area (Å²) in [5.41, 5.74) is 1.82. The first-order valence-electron chi connectivity index (χ1n) is 9.35. The van der Waals surface area contributed by atoms with E-state index >= 15 is 0 Å². The van der Waals surface area contributed by atoms with E-state index in [9.17, 15) is 5.11 Å². The Balaban J connectivity index is 2.03. The van der Waals surface area contributed by atoms with Gasteiger partial charge in [0.15, 0.2) is 0 Å². The van der Waals surface area contributed by atoms with E-state index in [1.807, 2.05) is 0 Å². The molecule has 1 aromatic carbocycles. The van der Waals surface area contributed by atoms with Crippen LogP contribution in [0.2, 0.25) is 0 Å². The summed E-state index contributed by atoms with van der Waals surface area (Å²) >= 11 is 0. The molecule has 1 N–H and O–H groups in total. The first kappa shape index (κ1) is 17.5. The number of hydrogen-bond donors (Lipinski definition) is 1. The predicted molar refractivity (Wildman–Crippen MR) is 95.0 cm³/mol. The van der Waals surface area contributed by atoms with Gasteiger partial charge in [0.25, 0.3) is 0 Å². The van der Waals surface area contributed by atoms with Crippen molar-refractivity contribution in [2.24, 2.45) is 11.8 Å². The monoisotopic (exact) mass is 302 g/mol. The minimum absolute atomic E-state index is 0.431. The van der Waals surface area contributed by atoms with Gasteiger partial charge in [-0.15, -0.1) is 0 Å². The van der Waals surface area contributed by atoms with Crippen LogP contribution in [0.4, 0.5) is 0 Å². The maximum absolute atomic E-state index is 11.4. The Labute approximate surface area is 137 Å². The zero-order valence-electron chi connectivity index (χ0n) is 14.8. The van der Waals surface area contributed by atoms with Crippen LogP contribution in [-0.2, 0) is 5.60 Å². The molecule has 0 aromatic heterocycles. The molecule has 1 heteroatoms. The number of aliphatic hydroxyl groups is 1. The summed E-state index contributed by atoms with van der Waals surface area (Å²) in [5.74, 6) is 1.19. The fourth-order valence-corrected chi connectivity index (χ4v) is 4.04. The molecule has 1 saturated carbocycles. The Hall–Kier alpha value is -0.820. The highest BCUT2D eigenvalue weighted by Crippen LogP contribution is 2.46. The van der Waals surface area contributed by atoms with E-state index in [-0.39, 0.29) is 0 Å². The van der Waals surface area contributed by atoms with Gasteiger partial charge >= 0.3 is 0 Å². The molecule has 0 radical (unpaired) electrons. The molecule has 0 amide bonds. The lowest BCUT2D eigenvalue weighted by atomic mass is 9.66. The summed E-state index contributed by atoms with van der Waals surface area (Å²) < 4.78 is 0. The maximum atomic E-state index is 11.4. The van der Waals surface area contributed by atoms with Crippen molar-refractivity contribution in [3.05, 3.63) is 35.4 Å². The third-order valence-corrected chi connectivity index (χ3v) is 5.59. The van der Waals surface area contributed by atoms with Gasteiger partial charge in [-0.25, -0.2) is 0 Å². The average Bonchev–Trinajstić information content (AvgIpc) is 2.51.